The normalized spacial score (nSPS) is 11.2. The van der Waals surface area contributed by atoms with Gasteiger partial charge in [0.2, 0.25) is 10.0 Å². The molecule has 0 saturated carbocycles. The first-order valence-electron chi connectivity index (χ1n) is 6.22. The van der Waals surface area contributed by atoms with E-state index in [2.05, 4.69) is 11.8 Å². The number of hydrogen-bond donors (Lipinski definition) is 1. The Morgan fingerprint density at radius 1 is 1.32 bits per heavy atom. The molecule has 4 nitrogen and oxygen atoms in total. The van der Waals surface area contributed by atoms with Crippen molar-refractivity contribution in [2.75, 3.05) is 19.3 Å². The zero-order valence-electron chi connectivity index (χ0n) is 11.4. The molecule has 0 heterocycles. The fourth-order valence-electron chi connectivity index (χ4n) is 1.68. The van der Waals surface area contributed by atoms with Gasteiger partial charge in [0.05, 0.1) is 12.3 Å². The summed E-state index contributed by atoms with van der Waals surface area (Å²) in [5.41, 5.74) is 7.08. The van der Waals surface area contributed by atoms with Gasteiger partial charge < -0.3 is 5.73 Å². The first-order chi connectivity index (χ1) is 9.01. The van der Waals surface area contributed by atoms with E-state index in [0.717, 1.165) is 11.1 Å². The summed E-state index contributed by atoms with van der Waals surface area (Å²) in [4.78, 5) is 0. The van der Waals surface area contributed by atoms with Crippen molar-refractivity contribution in [2.45, 2.75) is 19.9 Å². The van der Waals surface area contributed by atoms with Gasteiger partial charge in [0, 0.05) is 19.2 Å². The molecule has 0 aliphatic rings. The van der Waals surface area contributed by atoms with E-state index in [1.54, 1.807) is 7.05 Å². The Labute approximate surface area is 115 Å². The number of nitrogens with two attached hydrogens (primary N) is 1. The van der Waals surface area contributed by atoms with Crippen LogP contribution in [0.15, 0.2) is 24.3 Å². The van der Waals surface area contributed by atoms with E-state index in [9.17, 15) is 8.42 Å². The van der Waals surface area contributed by atoms with Gasteiger partial charge in [-0.05, 0) is 18.1 Å². The van der Waals surface area contributed by atoms with E-state index in [1.807, 2.05) is 31.2 Å². The molecule has 104 valence electrons. The van der Waals surface area contributed by atoms with Crippen LogP contribution in [0.3, 0.4) is 0 Å². The van der Waals surface area contributed by atoms with Crippen molar-refractivity contribution in [1.82, 2.24) is 4.31 Å². The van der Waals surface area contributed by atoms with Gasteiger partial charge in [0.25, 0.3) is 0 Å². The molecular weight excluding hydrogens is 260 g/mol. The summed E-state index contributed by atoms with van der Waals surface area (Å²) in [5.74, 6) is 5.92. The number of nitrogens with zero attached hydrogens (tertiary/aromatic N) is 1. The number of rotatable bonds is 5. The Kier molecular flexibility index (Phi) is 6.03. The third-order valence-electron chi connectivity index (χ3n) is 2.67. The van der Waals surface area contributed by atoms with Crippen molar-refractivity contribution in [2.24, 2.45) is 5.73 Å². The second-order valence-corrected chi connectivity index (χ2v) is 6.43. The highest BCUT2D eigenvalue weighted by Crippen LogP contribution is 2.12. The Hall–Kier alpha value is -1.35. The lowest BCUT2D eigenvalue weighted by molar-refractivity contribution is 0.466. The van der Waals surface area contributed by atoms with Crippen molar-refractivity contribution in [3.63, 3.8) is 0 Å². The highest BCUT2D eigenvalue weighted by atomic mass is 32.2. The predicted octanol–water partition coefficient (Wildman–Crippen LogP) is 1.17. The SMILES string of the molecule is CCCS(=O)(=O)N(C)Cc1ccccc1C#CCN. The third kappa shape index (κ3) is 4.67. The maximum Gasteiger partial charge on any atom is 0.214 e. The zero-order valence-corrected chi connectivity index (χ0v) is 12.2. The van der Waals surface area contributed by atoms with E-state index >= 15 is 0 Å². The number of benzene rings is 1. The van der Waals surface area contributed by atoms with Crippen LogP contribution in [0, 0.1) is 11.8 Å². The molecule has 0 aromatic heterocycles. The first-order valence-corrected chi connectivity index (χ1v) is 7.83. The third-order valence-corrected chi connectivity index (χ3v) is 4.68. The summed E-state index contributed by atoms with van der Waals surface area (Å²) >= 11 is 0. The second-order valence-electron chi connectivity index (χ2n) is 4.24. The van der Waals surface area contributed by atoms with E-state index < -0.39 is 10.0 Å². The average Bonchev–Trinajstić information content (AvgIpc) is 2.37. The van der Waals surface area contributed by atoms with Crippen LogP contribution in [0.1, 0.15) is 24.5 Å². The maximum atomic E-state index is 11.9. The molecule has 0 saturated heterocycles. The van der Waals surface area contributed by atoms with Crippen LogP contribution in [-0.2, 0) is 16.6 Å². The van der Waals surface area contributed by atoms with Crippen molar-refractivity contribution in [3.8, 4) is 11.8 Å². The minimum atomic E-state index is -3.19. The first kappa shape index (κ1) is 15.7. The minimum Gasteiger partial charge on any atom is -0.320 e. The lowest BCUT2D eigenvalue weighted by Crippen LogP contribution is -2.28. The molecule has 1 rings (SSSR count). The highest BCUT2D eigenvalue weighted by molar-refractivity contribution is 7.89. The van der Waals surface area contributed by atoms with Crippen LogP contribution in [0.2, 0.25) is 0 Å². The largest absolute Gasteiger partial charge is 0.320 e. The van der Waals surface area contributed by atoms with E-state index in [4.69, 9.17) is 5.73 Å². The molecular formula is C14H20N2O2S. The summed E-state index contributed by atoms with van der Waals surface area (Å²) in [7, 11) is -1.59. The number of sulfonamides is 1. The fraction of sp³-hybridized carbons (Fsp3) is 0.429. The molecule has 0 aliphatic carbocycles. The fourth-order valence-corrected chi connectivity index (χ4v) is 2.84. The standard InChI is InChI=1S/C14H20N2O2S/c1-3-11-19(17,18)16(2)12-14-8-5-4-7-13(14)9-6-10-15/h4-5,7-8H,3,10-12,15H2,1-2H3. The van der Waals surface area contributed by atoms with Gasteiger partial charge in [0.1, 0.15) is 0 Å². The molecule has 0 spiro atoms. The quantitative estimate of drug-likeness (QED) is 0.824. The molecule has 1 aromatic rings. The summed E-state index contributed by atoms with van der Waals surface area (Å²) < 4.78 is 25.2. The maximum absolute atomic E-state index is 11.9. The van der Waals surface area contributed by atoms with Gasteiger partial charge in [-0.2, -0.15) is 0 Å². The van der Waals surface area contributed by atoms with E-state index in [1.165, 1.54) is 4.31 Å². The summed E-state index contributed by atoms with van der Waals surface area (Å²) in [6.07, 6.45) is 0.612. The smallest absolute Gasteiger partial charge is 0.214 e. The van der Waals surface area contributed by atoms with Crippen LogP contribution in [-0.4, -0.2) is 32.1 Å². The molecule has 0 radical (unpaired) electrons. The average molecular weight is 280 g/mol. The summed E-state index contributed by atoms with van der Waals surface area (Å²) in [5, 5.41) is 0. The molecule has 0 aliphatic heterocycles. The van der Waals surface area contributed by atoms with Crippen LogP contribution >= 0.6 is 0 Å². The zero-order chi connectivity index (χ0) is 14.3. The van der Waals surface area contributed by atoms with Crippen molar-refractivity contribution >= 4 is 10.0 Å². The molecule has 0 unspecified atom stereocenters. The highest BCUT2D eigenvalue weighted by Gasteiger charge is 2.17. The van der Waals surface area contributed by atoms with Crippen molar-refractivity contribution in [1.29, 1.82) is 0 Å². The topological polar surface area (TPSA) is 63.4 Å². The van der Waals surface area contributed by atoms with Crippen LogP contribution in [0.5, 0.6) is 0 Å². The van der Waals surface area contributed by atoms with Gasteiger partial charge >= 0.3 is 0 Å². The lowest BCUT2D eigenvalue weighted by atomic mass is 10.1. The minimum absolute atomic E-state index is 0.167. The molecule has 19 heavy (non-hydrogen) atoms. The van der Waals surface area contributed by atoms with Crippen LogP contribution in [0.4, 0.5) is 0 Å². The van der Waals surface area contributed by atoms with Crippen LogP contribution < -0.4 is 5.73 Å². The van der Waals surface area contributed by atoms with Gasteiger partial charge in [-0.1, -0.05) is 37.0 Å². The van der Waals surface area contributed by atoms with Crippen LogP contribution in [0.25, 0.3) is 0 Å². The molecule has 0 amide bonds. The second kappa shape index (κ2) is 7.29. The summed E-state index contributed by atoms with van der Waals surface area (Å²) in [6.45, 7) is 2.47. The monoisotopic (exact) mass is 280 g/mol. The molecule has 1 aromatic carbocycles. The Bertz CT molecular complexity index is 571. The van der Waals surface area contributed by atoms with Crippen molar-refractivity contribution < 1.29 is 8.42 Å². The lowest BCUT2D eigenvalue weighted by Gasteiger charge is -2.17. The Balaban J connectivity index is 2.94. The van der Waals surface area contributed by atoms with Gasteiger partial charge in [-0.15, -0.1) is 0 Å². The molecule has 0 bridgehead atoms. The van der Waals surface area contributed by atoms with E-state index in [-0.39, 0.29) is 12.3 Å². The van der Waals surface area contributed by atoms with Crippen molar-refractivity contribution in [3.05, 3.63) is 35.4 Å². The Morgan fingerprint density at radius 2 is 2.00 bits per heavy atom. The van der Waals surface area contributed by atoms with Gasteiger partial charge in [-0.3, -0.25) is 0 Å². The van der Waals surface area contributed by atoms with Gasteiger partial charge in [0.15, 0.2) is 0 Å². The van der Waals surface area contributed by atoms with Gasteiger partial charge in [-0.25, -0.2) is 12.7 Å². The summed E-state index contributed by atoms with van der Waals surface area (Å²) in [6, 6.07) is 7.52. The molecule has 5 heteroatoms. The van der Waals surface area contributed by atoms with E-state index in [0.29, 0.717) is 13.0 Å². The molecule has 0 atom stereocenters. The predicted molar refractivity (Wildman–Crippen MR) is 77.9 cm³/mol. The molecule has 0 fully saturated rings. The Morgan fingerprint density at radius 3 is 2.63 bits per heavy atom. The number of hydrogen-bond acceptors (Lipinski definition) is 3. The molecule has 2 N–H and O–H groups in total.